The predicted molar refractivity (Wildman–Crippen MR) is 136 cm³/mol. The number of hydrogen-bond donors (Lipinski definition) is 1. The van der Waals surface area contributed by atoms with Crippen LogP contribution in [0, 0.1) is 0 Å². The summed E-state index contributed by atoms with van der Waals surface area (Å²) in [6, 6.07) is 7.11. The normalized spacial score (nSPS) is 21.8. The number of amidine groups is 1. The third-order valence-corrected chi connectivity index (χ3v) is 7.61. The van der Waals surface area contributed by atoms with Gasteiger partial charge in [-0.2, -0.15) is 0 Å². The molecule has 1 aromatic rings. The molecule has 0 bridgehead atoms. The Bertz CT molecular complexity index is 1040. The lowest BCUT2D eigenvalue weighted by atomic mass is 9.92. The first-order valence-corrected chi connectivity index (χ1v) is 13.1. The van der Waals surface area contributed by atoms with Crippen LogP contribution in [0.4, 0.5) is 0 Å². The van der Waals surface area contributed by atoms with Gasteiger partial charge in [0.05, 0.1) is 29.8 Å². The summed E-state index contributed by atoms with van der Waals surface area (Å²) in [6.45, 7) is 8.27. The quantitative estimate of drug-likeness (QED) is 0.567. The van der Waals surface area contributed by atoms with Gasteiger partial charge in [0, 0.05) is 37.0 Å². The van der Waals surface area contributed by atoms with Gasteiger partial charge >= 0.3 is 0 Å². The summed E-state index contributed by atoms with van der Waals surface area (Å²) in [6.07, 6.45) is 2.27. The van der Waals surface area contributed by atoms with Crippen LogP contribution in [0.3, 0.4) is 0 Å². The highest BCUT2D eigenvalue weighted by Gasteiger charge is 2.42. The Morgan fingerprint density at radius 3 is 2.74 bits per heavy atom. The van der Waals surface area contributed by atoms with Crippen molar-refractivity contribution >= 4 is 40.3 Å². The Morgan fingerprint density at radius 2 is 2.06 bits per heavy atom. The Balaban J connectivity index is 1.65. The molecule has 0 unspecified atom stereocenters. The van der Waals surface area contributed by atoms with E-state index in [1.54, 1.807) is 4.90 Å². The second-order valence-electron chi connectivity index (χ2n) is 8.51. The van der Waals surface area contributed by atoms with Gasteiger partial charge in [-0.05, 0) is 50.7 Å². The van der Waals surface area contributed by atoms with Gasteiger partial charge in [0.25, 0.3) is 5.91 Å². The molecule has 0 saturated carbocycles. The monoisotopic (exact) mass is 502 g/mol. The number of ether oxygens (including phenoxy) is 1. The number of carbonyl (C=O) groups excluding carboxylic acids is 2. The van der Waals surface area contributed by atoms with Crippen LogP contribution < -0.4 is 5.32 Å². The molecule has 34 heavy (non-hydrogen) atoms. The minimum Gasteiger partial charge on any atom is -0.376 e. The summed E-state index contributed by atoms with van der Waals surface area (Å²) in [5, 5.41) is 6.27. The number of aliphatic imine (C=N–C) groups is 1. The van der Waals surface area contributed by atoms with Crippen molar-refractivity contribution < 1.29 is 14.3 Å². The van der Waals surface area contributed by atoms with Crippen molar-refractivity contribution in [1.82, 2.24) is 15.1 Å². The van der Waals surface area contributed by atoms with Gasteiger partial charge < -0.3 is 19.9 Å². The van der Waals surface area contributed by atoms with Crippen LogP contribution in [0.2, 0.25) is 5.02 Å². The molecule has 0 radical (unpaired) electrons. The molecule has 3 heterocycles. The number of likely N-dealkylation sites (N-methyl/N-ethyl adjacent to an activating group) is 1. The second-order valence-corrected chi connectivity index (χ2v) is 9.75. The third-order valence-electron chi connectivity index (χ3n) is 6.37. The van der Waals surface area contributed by atoms with E-state index in [1.807, 2.05) is 55.3 Å². The molecule has 0 aromatic heterocycles. The van der Waals surface area contributed by atoms with Crippen LogP contribution in [-0.4, -0.2) is 59.1 Å². The number of halogens is 1. The Labute approximate surface area is 210 Å². The zero-order valence-corrected chi connectivity index (χ0v) is 21.4. The average molecular weight is 503 g/mol. The number of nitrogens with one attached hydrogen (secondary N) is 1. The van der Waals surface area contributed by atoms with Gasteiger partial charge in [0.2, 0.25) is 5.91 Å². The lowest BCUT2D eigenvalue weighted by Gasteiger charge is -2.38. The first-order valence-electron chi connectivity index (χ1n) is 11.8. The number of allylic oxidation sites excluding steroid dienone is 1. The lowest BCUT2D eigenvalue weighted by molar-refractivity contribution is -0.127. The molecule has 2 amide bonds. The maximum atomic E-state index is 13.6. The highest BCUT2D eigenvalue weighted by atomic mass is 35.5. The van der Waals surface area contributed by atoms with Crippen molar-refractivity contribution in [3.63, 3.8) is 0 Å². The molecular formula is C25H31ClN4O3S. The van der Waals surface area contributed by atoms with Crippen molar-refractivity contribution in [1.29, 1.82) is 0 Å². The number of hydrogen-bond acceptors (Lipinski definition) is 6. The fourth-order valence-electron chi connectivity index (χ4n) is 4.58. The van der Waals surface area contributed by atoms with E-state index in [0.29, 0.717) is 35.9 Å². The van der Waals surface area contributed by atoms with E-state index in [4.69, 9.17) is 21.3 Å². The fourth-order valence-corrected chi connectivity index (χ4v) is 5.78. The van der Waals surface area contributed by atoms with Gasteiger partial charge in [-0.25, -0.2) is 4.99 Å². The van der Waals surface area contributed by atoms with Crippen LogP contribution >= 0.6 is 23.4 Å². The summed E-state index contributed by atoms with van der Waals surface area (Å²) in [5.41, 5.74) is 2.89. The average Bonchev–Trinajstić information content (AvgIpc) is 3.48. The summed E-state index contributed by atoms with van der Waals surface area (Å²) in [4.78, 5) is 35.0. The summed E-state index contributed by atoms with van der Waals surface area (Å²) in [5.74, 6) is -0.140. The van der Waals surface area contributed by atoms with Crippen LogP contribution in [0.1, 0.15) is 51.6 Å². The van der Waals surface area contributed by atoms with Gasteiger partial charge in [-0.15, -0.1) is 0 Å². The number of rotatable bonds is 8. The van der Waals surface area contributed by atoms with E-state index in [2.05, 4.69) is 5.32 Å². The molecule has 3 aliphatic rings. The van der Waals surface area contributed by atoms with Crippen LogP contribution in [-0.2, 0) is 14.3 Å². The second kappa shape index (κ2) is 11.0. The van der Waals surface area contributed by atoms with Gasteiger partial charge in [0.15, 0.2) is 5.17 Å². The summed E-state index contributed by atoms with van der Waals surface area (Å²) >= 11 is 8.12. The highest BCUT2D eigenvalue weighted by Crippen LogP contribution is 2.46. The number of amides is 2. The topological polar surface area (TPSA) is 74.2 Å². The largest absolute Gasteiger partial charge is 0.376 e. The molecule has 1 saturated heterocycles. The smallest absolute Gasteiger partial charge is 0.254 e. The first-order chi connectivity index (χ1) is 16.4. The number of fused-ring (bicyclic) bond motifs is 1. The van der Waals surface area contributed by atoms with Crippen LogP contribution in [0.5, 0.6) is 0 Å². The standard InChI is InChI=1S/C25H31ClN4O3S/c1-4-29(5-2)24(32)22-16(3)28-25-30(23(22)19-10-6-7-11-20(19)26)17(15-34-25)13-21(31)27-14-18-9-8-12-33-18/h6-7,10-11,15,18,23H,4-5,8-9,12-14H2,1-3H3,(H,27,31)/t18-,23+/m1/s1. The lowest BCUT2D eigenvalue weighted by Crippen LogP contribution is -2.42. The molecule has 0 aliphatic carbocycles. The molecule has 4 rings (SSSR count). The Morgan fingerprint density at radius 1 is 1.29 bits per heavy atom. The van der Waals surface area contributed by atoms with Crippen molar-refractivity contribution in [2.24, 2.45) is 4.99 Å². The summed E-state index contributed by atoms with van der Waals surface area (Å²) < 4.78 is 5.62. The number of carbonyl (C=O) groups is 2. The minimum atomic E-state index is -0.457. The van der Waals surface area contributed by atoms with Crippen LogP contribution in [0.25, 0.3) is 0 Å². The molecule has 2 atom stereocenters. The zero-order chi connectivity index (χ0) is 24.2. The van der Waals surface area contributed by atoms with E-state index < -0.39 is 6.04 Å². The van der Waals surface area contributed by atoms with E-state index in [9.17, 15) is 9.59 Å². The molecular weight excluding hydrogens is 472 g/mol. The first kappa shape index (κ1) is 24.8. The van der Waals surface area contributed by atoms with Crippen molar-refractivity contribution in [3.05, 3.63) is 57.2 Å². The van der Waals surface area contributed by atoms with E-state index >= 15 is 0 Å². The number of thioether (sulfide) groups is 1. The number of nitrogens with zero attached hydrogens (tertiary/aromatic N) is 3. The Hall–Kier alpha value is -2.29. The van der Waals surface area contributed by atoms with E-state index in [1.165, 1.54) is 11.8 Å². The fraction of sp³-hybridized carbons (Fsp3) is 0.480. The van der Waals surface area contributed by atoms with Gasteiger partial charge in [-0.3, -0.25) is 9.59 Å². The van der Waals surface area contributed by atoms with Gasteiger partial charge in [-0.1, -0.05) is 41.6 Å². The van der Waals surface area contributed by atoms with Crippen molar-refractivity contribution in [2.75, 3.05) is 26.2 Å². The SMILES string of the molecule is CCN(CC)C(=O)C1=C(C)N=C2SC=C(CC(=O)NC[C@H]3CCCO3)N2[C@H]1c1ccccc1Cl. The molecule has 7 nitrogen and oxygen atoms in total. The minimum absolute atomic E-state index is 0.0608. The van der Waals surface area contributed by atoms with Crippen LogP contribution in [0.15, 0.2) is 51.6 Å². The summed E-state index contributed by atoms with van der Waals surface area (Å²) in [7, 11) is 0. The molecule has 1 N–H and O–H groups in total. The maximum absolute atomic E-state index is 13.6. The number of benzene rings is 1. The van der Waals surface area contributed by atoms with Crippen molar-refractivity contribution in [2.45, 2.75) is 52.2 Å². The molecule has 0 spiro atoms. The molecule has 1 aromatic carbocycles. The van der Waals surface area contributed by atoms with E-state index in [-0.39, 0.29) is 24.3 Å². The third kappa shape index (κ3) is 5.04. The molecule has 3 aliphatic heterocycles. The maximum Gasteiger partial charge on any atom is 0.254 e. The zero-order valence-electron chi connectivity index (χ0n) is 19.8. The molecule has 182 valence electrons. The van der Waals surface area contributed by atoms with E-state index in [0.717, 1.165) is 35.9 Å². The Kier molecular flexibility index (Phi) is 8.01. The van der Waals surface area contributed by atoms with Crippen molar-refractivity contribution in [3.8, 4) is 0 Å². The highest BCUT2D eigenvalue weighted by molar-refractivity contribution is 8.16. The molecule has 1 fully saturated rings. The molecule has 9 heteroatoms. The van der Waals surface area contributed by atoms with Gasteiger partial charge in [0.1, 0.15) is 0 Å². The predicted octanol–water partition coefficient (Wildman–Crippen LogP) is 4.47.